The third-order valence-electron chi connectivity index (χ3n) is 5.10. The molecule has 3 rings (SSSR count). The monoisotopic (exact) mass is 305 g/mol. The first-order valence-corrected chi connectivity index (χ1v) is 7.33. The molecule has 0 saturated carbocycles. The molecule has 116 valence electrons. The number of hydrogen-bond donors (Lipinski definition) is 0. The lowest BCUT2D eigenvalue weighted by Gasteiger charge is -2.31. The molecule has 0 bridgehead atoms. The first kappa shape index (κ1) is 14.9. The van der Waals surface area contributed by atoms with Crippen molar-refractivity contribution in [1.82, 2.24) is 9.88 Å². The number of nitrogens with zero attached hydrogens (tertiary/aromatic N) is 3. The van der Waals surface area contributed by atoms with Crippen molar-refractivity contribution in [3.63, 3.8) is 0 Å². The predicted molar refractivity (Wildman–Crippen MR) is 74.9 cm³/mol. The summed E-state index contributed by atoms with van der Waals surface area (Å²) in [6.07, 6.45) is 4.67. The van der Waals surface area contributed by atoms with E-state index < -0.39 is 17.2 Å². The van der Waals surface area contributed by atoms with E-state index in [-0.39, 0.29) is 18.5 Å². The summed E-state index contributed by atoms with van der Waals surface area (Å²) in [5.74, 6) is -3.54. The summed E-state index contributed by atoms with van der Waals surface area (Å²) in [5.41, 5.74) is -0.480. The van der Waals surface area contributed by atoms with Crippen LogP contribution >= 0.6 is 0 Å². The van der Waals surface area contributed by atoms with Crippen molar-refractivity contribution in [2.24, 2.45) is 5.41 Å². The van der Waals surface area contributed by atoms with Gasteiger partial charge in [-0.3, -0.25) is 9.78 Å². The lowest BCUT2D eigenvalue weighted by atomic mass is 9.80. The second-order valence-electron chi connectivity index (χ2n) is 6.50. The van der Waals surface area contributed by atoms with Crippen LogP contribution < -0.4 is 0 Å². The Labute approximate surface area is 127 Å². The highest BCUT2D eigenvalue weighted by Crippen LogP contribution is 2.54. The van der Waals surface area contributed by atoms with Crippen molar-refractivity contribution in [1.29, 1.82) is 5.26 Å². The molecule has 4 nitrogen and oxygen atoms in total. The Kier molecular flexibility index (Phi) is 3.20. The molecule has 0 aliphatic carbocycles. The van der Waals surface area contributed by atoms with E-state index in [0.29, 0.717) is 12.0 Å². The maximum absolute atomic E-state index is 13.9. The number of aromatic nitrogens is 1. The van der Waals surface area contributed by atoms with Gasteiger partial charge in [-0.15, -0.1) is 0 Å². The van der Waals surface area contributed by atoms with Gasteiger partial charge in [0.1, 0.15) is 11.5 Å². The van der Waals surface area contributed by atoms with Crippen molar-refractivity contribution in [2.75, 3.05) is 0 Å². The average Bonchev–Trinajstić information content (AvgIpc) is 2.98. The van der Waals surface area contributed by atoms with Crippen molar-refractivity contribution in [3.05, 3.63) is 29.6 Å². The zero-order valence-corrected chi connectivity index (χ0v) is 12.5. The Hall–Kier alpha value is -2.03. The summed E-state index contributed by atoms with van der Waals surface area (Å²) >= 11 is 0. The summed E-state index contributed by atoms with van der Waals surface area (Å²) in [5, 5.41) is 8.96. The number of rotatable bonds is 2. The summed E-state index contributed by atoms with van der Waals surface area (Å²) in [6.45, 7) is 2.18. The summed E-state index contributed by atoms with van der Waals surface area (Å²) < 4.78 is 27.8. The molecule has 2 aliphatic heterocycles. The Morgan fingerprint density at radius 3 is 2.82 bits per heavy atom. The van der Waals surface area contributed by atoms with E-state index in [1.165, 1.54) is 13.1 Å². The lowest BCUT2D eigenvalue weighted by molar-refractivity contribution is -0.156. The molecule has 1 aromatic rings. The molecular formula is C16H17F2N3O. The maximum atomic E-state index is 13.9. The Morgan fingerprint density at radius 1 is 1.45 bits per heavy atom. The minimum Gasteiger partial charge on any atom is -0.332 e. The van der Waals surface area contributed by atoms with E-state index in [1.54, 1.807) is 17.2 Å². The number of pyridine rings is 1. The van der Waals surface area contributed by atoms with Gasteiger partial charge in [0.15, 0.2) is 0 Å². The van der Waals surface area contributed by atoms with Crippen LogP contribution in [0.2, 0.25) is 0 Å². The second kappa shape index (κ2) is 4.73. The molecule has 0 aromatic carbocycles. The van der Waals surface area contributed by atoms with Crippen LogP contribution in [-0.4, -0.2) is 27.8 Å². The van der Waals surface area contributed by atoms with Gasteiger partial charge >= 0.3 is 0 Å². The van der Waals surface area contributed by atoms with E-state index >= 15 is 0 Å². The van der Waals surface area contributed by atoms with Gasteiger partial charge in [-0.05, 0) is 37.8 Å². The van der Waals surface area contributed by atoms with Gasteiger partial charge < -0.3 is 4.90 Å². The molecule has 0 radical (unpaired) electrons. The normalized spacial score (nSPS) is 31.2. The van der Waals surface area contributed by atoms with Gasteiger partial charge in [0.05, 0.1) is 11.6 Å². The van der Waals surface area contributed by atoms with Gasteiger partial charge in [-0.2, -0.15) is 5.26 Å². The Bertz CT molecular complexity index is 664. The molecule has 3 heterocycles. The fraction of sp³-hybridized carbons (Fsp3) is 0.562. The van der Waals surface area contributed by atoms with E-state index in [2.05, 4.69) is 4.98 Å². The van der Waals surface area contributed by atoms with E-state index in [0.717, 1.165) is 18.9 Å². The van der Waals surface area contributed by atoms with Gasteiger partial charge in [0.25, 0.3) is 5.92 Å². The summed E-state index contributed by atoms with van der Waals surface area (Å²) in [7, 11) is 0. The number of hydrogen-bond acceptors (Lipinski definition) is 3. The number of amides is 1. The lowest BCUT2D eigenvalue weighted by Crippen LogP contribution is -2.44. The molecule has 2 saturated heterocycles. The quantitative estimate of drug-likeness (QED) is 0.844. The number of halogens is 2. The zero-order valence-electron chi connectivity index (χ0n) is 12.5. The zero-order chi connectivity index (χ0) is 16.1. The number of carbonyl (C=O) groups excluding carboxylic acids is 1. The molecule has 0 N–H and O–H groups in total. The molecule has 6 heteroatoms. The molecule has 0 spiro atoms. The van der Waals surface area contributed by atoms with Crippen LogP contribution in [0.1, 0.15) is 50.3 Å². The van der Waals surface area contributed by atoms with E-state index in [1.807, 2.05) is 6.07 Å². The van der Waals surface area contributed by atoms with E-state index in [9.17, 15) is 13.6 Å². The van der Waals surface area contributed by atoms with Crippen LogP contribution in [0.15, 0.2) is 18.5 Å². The second-order valence-corrected chi connectivity index (χ2v) is 6.50. The van der Waals surface area contributed by atoms with Crippen LogP contribution in [0.4, 0.5) is 8.78 Å². The van der Waals surface area contributed by atoms with Crippen molar-refractivity contribution >= 4 is 5.91 Å². The molecule has 0 unspecified atom stereocenters. The minimum absolute atomic E-state index is 0.154. The highest BCUT2D eigenvalue weighted by atomic mass is 19.3. The number of nitriles is 1. The first-order valence-electron chi connectivity index (χ1n) is 7.33. The fourth-order valence-corrected chi connectivity index (χ4v) is 3.63. The molecule has 22 heavy (non-hydrogen) atoms. The van der Waals surface area contributed by atoms with Crippen molar-refractivity contribution in [2.45, 2.75) is 51.1 Å². The number of alkyl halides is 2. The average molecular weight is 305 g/mol. The van der Waals surface area contributed by atoms with Crippen LogP contribution in [0.25, 0.3) is 0 Å². The molecule has 1 aromatic heterocycles. The molecule has 3 atom stereocenters. The van der Waals surface area contributed by atoms with Crippen molar-refractivity contribution in [3.8, 4) is 6.07 Å². The third kappa shape index (κ3) is 1.99. The minimum atomic E-state index is -3.05. The standard InChI is InChI=1S/C16H17F2N3O/c1-15(16(2,17)18)6-12-3-4-13(21(12)14(15)22)11-5-10(7-19)8-20-9-11/h5,8-9,12-13H,3-4,6H2,1-2H3/t12-,13-,15-/m0/s1. The van der Waals surface area contributed by atoms with Crippen LogP contribution in [0.3, 0.4) is 0 Å². The SMILES string of the molecule is CC(F)(F)[C@@]1(C)C[C@@H]2CC[C@@H](c3cncc(C#N)c3)N2C1=O. The van der Waals surface area contributed by atoms with Gasteiger partial charge in [0.2, 0.25) is 5.91 Å². The molecule has 2 aliphatic rings. The summed E-state index contributed by atoms with van der Waals surface area (Å²) in [6, 6.07) is 3.29. The Balaban J connectivity index is 1.95. The Morgan fingerprint density at radius 2 is 2.18 bits per heavy atom. The number of carbonyl (C=O) groups is 1. The third-order valence-corrected chi connectivity index (χ3v) is 5.10. The molecule has 2 fully saturated rings. The fourth-order valence-electron chi connectivity index (χ4n) is 3.63. The molecule has 1 amide bonds. The van der Waals surface area contributed by atoms with Crippen LogP contribution in [-0.2, 0) is 4.79 Å². The topological polar surface area (TPSA) is 57.0 Å². The van der Waals surface area contributed by atoms with Crippen LogP contribution in [0.5, 0.6) is 0 Å². The predicted octanol–water partition coefficient (Wildman–Crippen LogP) is 3.05. The van der Waals surface area contributed by atoms with Gasteiger partial charge in [0, 0.05) is 25.4 Å². The number of fused-ring (bicyclic) bond motifs is 1. The highest BCUT2D eigenvalue weighted by Gasteiger charge is 2.62. The summed E-state index contributed by atoms with van der Waals surface area (Å²) in [4.78, 5) is 18.3. The highest BCUT2D eigenvalue weighted by molar-refractivity contribution is 5.87. The van der Waals surface area contributed by atoms with Crippen LogP contribution in [0, 0.1) is 16.7 Å². The molecular weight excluding hydrogens is 288 g/mol. The van der Waals surface area contributed by atoms with Crippen molar-refractivity contribution < 1.29 is 13.6 Å². The van der Waals surface area contributed by atoms with E-state index in [4.69, 9.17) is 5.26 Å². The maximum Gasteiger partial charge on any atom is 0.259 e. The smallest absolute Gasteiger partial charge is 0.259 e. The first-order chi connectivity index (χ1) is 10.3. The van der Waals surface area contributed by atoms with Gasteiger partial charge in [-0.25, -0.2) is 8.78 Å². The largest absolute Gasteiger partial charge is 0.332 e. The van der Waals surface area contributed by atoms with Gasteiger partial charge in [-0.1, -0.05) is 0 Å².